The number of nitrogens with one attached hydrogen (secondary N) is 1. The van der Waals surface area contributed by atoms with Crippen LogP contribution >= 0.6 is 11.6 Å². The van der Waals surface area contributed by atoms with Crippen molar-refractivity contribution in [2.24, 2.45) is 0 Å². The summed E-state index contributed by atoms with van der Waals surface area (Å²) in [5, 5.41) is 3.35. The van der Waals surface area contributed by atoms with Gasteiger partial charge in [-0.05, 0) is 38.2 Å². The van der Waals surface area contributed by atoms with Crippen molar-refractivity contribution in [3.05, 3.63) is 69.7 Å². The van der Waals surface area contributed by atoms with Gasteiger partial charge in [-0.25, -0.2) is 8.78 Å². The highest BCUT2D eigenvalue weighted by Gasteiger charge is 2.20. The minimum absolute atomic E-state index is 0.333. The third kappa shape index (κ3) is 2.94. The van der Waals surface area contributed by atoms with E-state index in [1.807, 2.05) is 6.92 Å². The van der Waals surface area contributed by atoms with Crippen LogP contribution in [0, 0.1) is 18.6 Å². The molecule has 0 fully saturated rings. The first-order chi connectivity index (χ1) is 9.02. The Hall–Kier alpha value is -1.45. The average molecular weight is 282 g/mol. The number of rotatable bonds is 3. The van der Waals surface area contributed by atoms with Crippen LogP contribution in [0.15, 0.2) is 36.4 Å². The lowest BCUT2D eigenvalue weighted by atomic mass is 9.96. The molecule has 4 heteroatoms. The first-order valence-corrected chi connectivity index (χ1v) is 6.29. The Labute approximate surface area is 116 Å². The molecule has 0 aromatic heterocycles. The molecule has 1 atom stereocenters. The van der Waals surface area contributed by atoms with Crippen molar-refractivity contribution in [2.75, 3.05) is 7.05 Å². The van der Waals surface area contributed by atoms with E-state index in [9.17, 15) is 8.78 Å². The topological polar surface area (TPSA) is 12.0 Å². The van der Waals surface area contributed by atoms with Gasteiger partial charge in [-0.1, -0.05) is 29.3 Å². The molecule has 0 amide bonds. The second-order valence-corrected chi connectivity index (χ2v) is 4.85. The fraction of sp³-hybridized carbons (Fsp3) is 0.200. The van der Waals surface area contributed by atoms with Crippen LogP contribution in [0.4, 0.5) is 8.78 Å². The number of halogens is 3. The summed E-state index contributed by atoms with van der Waals surface area (Å²) in [7, 11) is 1.66. The lowest BCUT2D eigenvalue weighted by Gasteiger charge is -2.19. The summed E-state index contributed by atoms with van der Waals surface area (Å²) in [6.45, 7) is 1.87. The van der Waals surface area contributed by atoms with Gasteiger partial charge in [0.2, 0.25) is 0 Å². The van der Waals surface area contributed by atoms with Gasteiger partial charge in [0.1, 0.15) is 11.6 Å². The van der Waals surface area contributed by atoms with Crippen LogP contribution in [0.1, 0.15) is 22.7 Å². The van der Waals surface area contributed by atoms with Gasteiger partial charge < -0.3 is 5.32 Å². The molecule has 100 valence electrons. The minimum Gasteiger partial charge on any atom is -0.309 e. The first kappa shape index (κ1) is 14.0. The van der Waals surface area contributed by atoms with Crippen LogP contribution in [0.3, 0.4) is 0 Å². The second kappa shape index (κ2) is 5.68. The van der Waals surface area contributed by atoms with E-state index in [1.165, 1.54) is 24.3 Å². The predicted octanol–water partition coefficient (Wildman–Crippen LogP) is 4.24. The number of hydrogen-bond donors (Lipinski definition) is 1. The van der Waals surface area contributed by atoms with Gasteiger partial charge in [0, 0.05) is 16.1 Å². The molecule has 0 aliphatic heterocycles. The first-order valence-electron chi connectivity index (χ1n) is 5.91. The quantitative estimate of drug-likeness (QED) is 0.887. The van der Waals surface area contributed by atoms with Gasteiger partial charge in [-0.15, -0.1) is 0 Å². The van der Waals surface area contributed by atoms with E-state index in [2.05, 4.69) is 5.32 Å². The second-order valence-electron chi connectivity index (χ2n) is 4.41. The number of aryl methyl sites for hydroxylation is 1. The Balaban J connectivity index is 2.55. The Morgan fingerprint density at radius 3 is 2.21 bits per heavy atom. The lowest BCUT2D eigenvalue weighted by Crippen LogP contribution is -2.20. The van der Waals surface area contributed by atoms with Crippen LogP contribution in [0.2, 0.25) is 5.02 Å². The van der Waals surface area contributed by atoms with Gasteiger partial charge in [0.05, 0.1) is 6.04 Å². The van der Waals surface area contributed by atoms with Gasteiger partial charge in [0.15, 0.2) is 0 Å². The SMILES string of the molecule is CNC(c1cc(C)ccc1F)c1cc(Cl)ccc1F. The molecule has 0 aliphatic carbocycles. The standard InChI is InChI=1S/C15H14ClF2N/c1-9-3-5-13(17)11(7-9)15(19-2)12-8-10(16)4-6-14(12)18/h3-8,15,19H,1-2H3. The Bertz CT molecular complexity index is 547. The van der Waals surface area contributed by atoms with E-state index < -0.39 is 11.9 Å². The summed E-state index contributed by atoms with van der Waals surface area (Å²) in [4.78, 5) is 0. The molecule has 0 saturated heterocycles. The van der Waals surface area contributed by atoms with E-state index in [-0.39, 0.29) is 5.82 Å². The average Bonchev–Trinajstić information content (AvgIpc) is 2.38. The molecule has 0 heterocycles. The molecule has 2 aromatic rings. The van der Waals surface area contributed by atoms with E-state index in [4.69, 9.17) is 11.6 Å². The monoisotopic (exact) mass is 281 g/mol. The van der Waals surface area contributed by atoms with Crippen molar-refractivity contribution in [1.82, 2.24) is 5.32 Å². The maximum atomic E-state index is 13.9. The van der Waals surface area contributed by atoms with Gasteiger partial charge in [0.25, 0.3) is 0 Å². The molecular weight excluding hydrogens is 268 g/mol. The molecule has 1 unspecified atom stereocenters. The summed E-state index contributed by atoms with van der Waals surface area (Å²) in [5.41, 5.74) is 1.65. The molecule has 1 N–H and O–H groups in total. The molecule has 2 rings (SSSR count). The third-order valence-corrected chi connectivity index (χ3v) is 3.26. The molecule has 0 aliphatic rings. The van der Waals surface area contributed by atoms with Crippen molar-refractivity contribution in [3.8, 4) is 0 Å². The van der Waals surface area contributed by atoms with Crippen molar-refractivity contribution in [2.45, 2.75) is 13.0 Å². The normalized spacial score (nSPS) is 12.5. The Morgan fingerprint density at radius 2 is 1.58 bits per heavy atom. The van der Waals surface area contributed by atoms with E-state index in [0.29, 0.717) is 16.1 Å². The zero-order valence-electron chi connectivity index (χ0n) is 10.7. The molecule has 0 spiro atoms. The summed E-state index contributed by atoms with van der Waals surface area (Å²) in [5.74, 6) is -0.783. The van der Waals surface area contributed by atoms with Crippen LogP contribution in [0.5, 0.6) is 0 Å². The van der Waals surface area contributed by atoms with Crippen molar-refractivity contribution >= 4 is 11.6 Å². The smallest absolute Gasteiger partial charge is 0.128 e. The maximum absolute atomic E-state index is 13.9. The third-order valence-electron chi connectivity index (χ3n) is 3.02. The molecule has 0 bridgehead atoms. The van der Waals surface area contributed by atoms with Crippen LogP contribution in [-0.2, 0) is 0 Å². The fourth-order valence-corrected chi connectivity index (χ4v) is 2.28. The molecular formula is C15H14ClF2N. The van der Waals surface area contributed by atoms with Gasteiger partial charge in [-0.3, -0.25) is 0 Å². The minimum atomic E-state index is -0.571. The summed E-state index contributed by atoms with van der Waals surface area (Å²) in [6.07, 6.45) is 0. The molecule has 0 radical (unpaired) electrons. The van der Waals surface area contributed by atoms with Gasteiger partial charge >= 0.3 is 0 Å². The van der Waals surface area contributed by atoms with Crippen LogP contribution in [-0.4, -0.2) is 7.05 Å². The Morgan fingerprint density at radius 1 is 1.00 bits per heavy atom. The van der Waals surface area contributed by atoms with Crippen molar-refractivity contribution < 1.29 is 8.78 Å². The van der Waals surface area contributed by atoms with Gasteiger partial charge in [-0.2, -0.15) is 0 Å². The number of benzene rings is 2. The molecule has 0 saturated carbocycles. The summed E-state index contributed by atoms with van der Waals surface area (Å²) >= 11 is 5.89. The lowest BCUT2D eigenvalue weighted by molar-refractivity contribution is 0.546. The van der Waals surface area contributed by atoms with E-state index >= 15 is 0 Å². The highest BCUT2D eigenvalue weighted by molar-refractivity contribution is 6.30. The summed E-state index contributed by atoms with van der Waals surface area (Å²) in [6, 6.07) is 8.47. The zero-order valence-corrected chi connectivity index (χ0v) is 11.4. The highest BCUT2D eigenvalue weighted by Crippen LogP contribution is 2.28. The molecule has 19 heavy (non-hydrogen) atoms. The predicted molar refractivity (Wildman–Crippen MR) is 73.4 cm³/mol. The Kier molecular flexibility index (Phi) is 4.17. The van der Waals surface area contributed by atoms with Crippen LogP contribution in [0.25, 0.3) is 0 Å². The van der Waals surface area contributed by atoms with Crippen molar-refractivity contribution in [3.63, 3.8) is 0 Å². The summed E-state index contributed by atoms with van der Waals surface area (Å²) < 4.78 is 27.8. The van der Waals surface area contributed by atoms with E-state index in [1.54, 1.807) is 19.2 Å². The zero-order chi connectivity index (χ0) is 14.0. The van der Waals surface area contributed by atoms with Crippen LogP contribution < -0.4 is 5.32 Å². The largest absolute Gasteiger partial charge is 0.309 e. The van der Waals surface area contributed by atoms with Crippen molar-refractivity contribution in [1.29, 1.82) is 0 Å². The fourth-order valence-electron chi connectivity index (χ4n) is 2.10. The highest BCUT2D eigenvalue weighted by atomic mass is 35.5. The van der Waals surface area contributed by atoms with E-state index in [0.717, 1.165) is 5.56 Å². The number of hydrogen-bond acceptors (Lipinski definition) is 1. The molecule has 1 nitrogen and oxygen atoms in total. The molecule has 2 aromatic carbocycles. The maximum Gasteiger partial charge on any atom is 0.128 e.